The summed E-state index contributed by atoms with van der Waals surface area (Å²) in [6.07, 6.45) is 0. The van der Waals surface area contributed by atoms with Crippen molar-refractivity contribution < 1.29 is 4.42 Å². The predicted octanol–water partition coefficient (Wildman–Crippen LogP) is 13.6. The minimum atomic E-state index is 0.598. The van der Waals surface area contributed by atoms with E-state index in [1.165, 1.54) is 16.5 Å². The van der Waals surface area contributed by atoms with Crippen LogP contribution < -0.4 is 0 Å². The van der Waals surface area contributed by atoms with E-state index in [1.807, 2.05) is 36.4 Å². The molecule has 0 bridgehead atoms. The lowest BCUT2D eigenvalue weighted by Gasteiger charge is -2.12. The molecule has 4 nitrogen and oxygen atoms in total. The number of fused-ring (bicyclic) bond motifs is 8. The fraction of sp³-hybridized carbons (Fsp3) is 0. The van der Waals surface area contributed by atoms with Crippen molar-refractivity contribution in [3.05, 3.63) is 188 Å². The molecule has 2 aromatic heterocycles. The second kappa shape index (κ2) is 12.6. The van der Waals surface area contributed by atoms with Gasteiger partial charge < -0.3 is 4.42 Å². The van der Waals surface area contributed by atoms with Crippen molar-refractivity contribution >= 4 is 54.3 Å². The standard InChI is InChI=1S/C51H31N3O/c1-3-11-32(12-4-1)33-19-21-34(22-20-33)35-23-26-38(27-24-35)50-52-49(37-14-5-2-6-15-37)53-51(54-50)44-30-41-28-25-36-13-9-10-18-42(36)46(41)48-47(44)43-29-39-16-7-8-17-40(39)31-45(43)55-48/h1-31H. The van der Waals surface area contributed by atoms with E-state index in [-0.39, 0.29) is 0 Å². The van der Waals surface area contributed by atoms with E-state index in [0.29, 0.717) is 17.5 Å². The van der Waals surface area contributed by atoms with E-state index >= 15 is 0 Å². The highest BCUT2D eigenvalue weighted by Gasteiger charge is 2.22. The zero-order valence-corrected chi connectivity index (χ0v) is 29.6. The van der Waals surface area contributed by atoms with Gasteiger partial charge in [-0.3, -0.25) is 0 Å². The number of aromatic nitrogens is 3. The first-order chi connectivity index (χ1) is 27.2. The first-order valence-corrected chi connectivity index (χ1v) is 18.5. The van der Waals surface area contributed by atoms with Crippen molar-refractivity contribution in [1.29, 1.82) is 0 Å². The molecule has 0 aliphatic carbocycles. The van der Waals surface area contributed by atoms with Crippen LogP contribution in [0.5, 0.6) is 0 Å². The van der Waals surface area contributed by atoms with Gasteiger partial charge in [0.05, 0.1) is 0 Å². The largest absolute Gasteiger partial charge is 0.455 e. The van der Waals surface area contributed by atoms with Crippen molar-refractivity contribution in [3.63, 3.8) is 0 Å². The molecular formula is C51H31N3O. The number of nitrogens with zero attached hydrogens (tertiary/aromatic N) is 3. The van der Waals surface area contributed by atoms with Crippen LogP contribution in [0.2, 0.25) is 0 Å². The molecule has 55 heavy (non-hydrogen) atoms. The monoisotopic (exact) mass is 701 g/mol. The van der Waals surface area contributed by atoms with Gasteiger partial charge in [0.2, 0.25) is 0 Å². The summed E-state index contributed by atoms with van der Waals surface area (Å²) in [4.78, 5) is 15.5. The van der Waals surface area contributed by atoms with E-state index in [2.05, 4.69) is 152 Å². The van der Waals surface area contributed by atoms with Crippen molar-refractivity contribution in [3.8, 4) is 56.4 Å². The van der Waals surface area contributed by atoms with E-state index in [4.69, 9.17) is 19.4 Å². The Morgan fingerprint density at radius 2 is 0.782 bits per heavy atom. The predicted molar refractivity (Wildman–Crippen MR) is 227 cm³/mol. The van der Waals surface area contributed by atoms with Crippen LogP contribution >= 0.6 is 0 Å². The number of rotatable bonds is 5. The summed E-state index contributed by atoms with van der Waals surface area (Å²) in [7, 11) is 0. The van der Waals surface area contributed by atoms with Gasteiger partial charge in [0.15, 0.2) is 17.5 Å². The molecule has 0 saturated heterocycles. The molecule has 256 valence electrons. The van der Waals surface area contributed by atoms with E-state index in [9.17, 15) is 0 Å². The molecule has 0 aliphatic heterocycles. The molecule has 0 aliphatic rings. The normalized spacial score (nSPS) is 11.6. The lowest BCUT2D eigenvalue weighted by molar-refractivity contribution is 0.673. The second-order valence-electron chi connectivity index (χ2n) is 14.0. The average molecular weight is 702 g/mol. The Kier molecular flexibility index (Phi) is 7.14. The first-order valence-electron chi connectivity index (χ1n) is 18.5. The fourth-order valence-electron chi connectivity index (χ4n) is 7.93. The van der Waals surface area contributed by atoms with Crippen molar-refractivity contribution in [1.82, 2.24) is 15.0 Å². The maximum Gasteiger partial charge on any atom is 0.164 e. The van der Waals surface area contributed by atoms with Crippen LogP contribution in [0.1, 0.15) is 0 Å². The van der Waals surface area contributed by atoms with Gasteiger partial charge in [-0.2, -0.15) is 0 Å². The molecule has 0 N–H and O–H groups in total. The minimum absolute atomic E-state index is 0.598. The van der Waals surface area contributed by atoms with Gasteiger partial charge in [0.25, 0.3) is 0 Å². The summed E-state index contributed by atoms with van der Waals surface area (Å²) in [5, 5.41) is 8.78. The lowest BCUT2D eigenvalue weighted by Crippen LogP contribution is -2.00. The Labute approximate surface area is 317 Å². The third-order valence-electron chi connectivity index (χ3n) is 10.7. The van der Waals surface area contributed by atoms with E-state index < -0.39 is 0 Å². The Hall–Kier alpha value is -7.43. The molecule has 11 rings (SSSR count). The van der Waals surface area contributed by atoms with Gasteiger partial charge in [0, 0.05) is 32.8 Å². The van der Waals surface area contributed by atoms with Crippen molar-refractivity contribution in [2.75, 3.05) is 0 Å². The molecule has 11 aromatic rings. The van der Waals surface area contributed by atoms with Crippen LogP contribution in [-0.4, -0.2) is 15.0 Å². The second-order valence-corrected chi connectivity index (χ2v) is 14.0. The summed E-state index contributed by atoms with van der Waals surface area (Å²) >= 11 is 0. The zero-order chi connectivity index (χ0) is 36.3. The van der Waals surface area contributed by atoms with Crippen molar-refractivity contribution in [2.45, 2.75) is 0 Å². The van der Waals surface area contributed by atoms with Crippen LogP contribution in [0.3, 0.4) is 0 Å². The van der Waals surface area contributed by atoms with Crippen LogP contribution in [0.25, 0.3) is 111 Å². The van der Waals surface area contributed by atoms with Gasteiger partial charge >= 0.3 is 0 Å². The van der Waals surface area contributed by atoms with Crippen molar-refractivity contribution in [2.24, 2.45) is 0 Å². The molecule has 0 fully saturated rings. The van der Waals surface area contributed by atoms with Gasteiger partial charge in [-0.25, -0.2) is 15.0 Å². The number of hydrogen-bond donors (Lipinski definition) is 0. The summed E-state index contributed by atoms with van der Waals surface area (Å²) < 4.78 is 6.89. The van der Waals surface area contributed by atoms with Gasteiger partial charge in [-0.1, -0.05) is 170 Å². The molecule has 0 spiro atoms. The molecule has 0 unspecified atom stereocenters. The lowest BCUT2D eigenvalue weighted by atomic mass is 9.95. The maximum absolute atomic E-state index is 6.89. The SMILES string of the molecule is c1ccc(-c2ccc(-c3ccc(-c4nc(-c5ccccc5)nc(-c5cc6ccc7ccccc7c6c6oc7cc8ccccc8cc7c56)n4)cc3)cc2)cc1. The minimum Gasteiger partial charge on any atom is -0.455 e. The third kappa shape index (κ3) is 5.34. The summed E-state index contributed by atoms with van der Waals surface area (Å²) in [5.41, 5.74) is 9.09. The summed E-state index contributed by atoms with van der Waals surface area (Å²) in [6, 6.07) is 65.7. The van der Waals surface area contributed by atoms with Crippen LogP contribution in [0.4, 0.5) is 0 Å². The van der Waals surface area contributed by atoms with Crippen LogP contribution in [-0.2, 0) is 0 Å². The number of benzene rings is 9. The highest BCUT2D eigenvalue weighted by Crippen LogP contribution is 2.44. The molecule has 0 saturated carbocycles. The maximum atomic E-state index is 6.89. The molecule has 2 heterocycles. The Morgan fingerprint density at radius 1 is 0.309 bits per heavy atom. The Bertz CT molecular complexity index is 3220. The van der Waals surface area contributed by atoms with Crippen LogP contribution in [0, 0.1) is 0 Å². The van der Waals surface area contributed by atoms with Crippen LogP contribution in [0.15, 0.2) is 192 Å². The smallest absolute Gasteiger partial charge is 0.164 e. The Balaban J connectivity index is 1.11. The zero-order valence-electron chi connectivity index (χ0n) is 29.6. The average Bonchev–Trinajstić information content (AvgIpc) is 3.64. The highest BCUT2D eigenvalue weighted by molar-refractivity contribution is 6.27. The number of hydrogen-bond acceptors (Lipinski definition) is 4. The van der Waals surface area contributed by atoms with E-state index in [1.54, 1.807) is 0 Å². The van der Waals surface area contributed by atoms with Gasteiger partial charge in [0.1, 0.15) is 11.2 Å². The highest BCUT2D eigenvalue weighted by atomic mass is 16.3. The third-order valence-corrected chi connectivity index (χ3v) is 10.7. The summed E-state index contributed by atoms with van der Waals surface area (Å²) in [5.74, 6) is 1.83. The molecule has 9 aromatic carbocycles. The number of furan rings is 1. The first kappa shape index (κ1) is 31.1. The molecular weight excluding hydrogens is 671 g/mol. The quantitative estimate of drug-likeness (QED) is 0.168. The molecule has 4 heteroatoms. The summed E-state index contributed by atoms with van der Waals surface area (Å²) in [6.45, 7) is 0. The van der Waals surface area contributed by atoms with E-state index in [0.717, 1.165) is 76.7 Å². The Morgan fingerprint density at radius 3 is 1.44 bits per heavy atom. The fourth-order valence-corrected chi connectivity index (χ4v) is 7.93. The molecule has 0 radical (unpaired) electrons. The van der Waals surface area contributed by atoms with Gasteiger partial charge in [-0.05, 0) is 67.4 Å². The van der Waals surface area contributed by atoms with Gasteiger partial charge in [-0.15, -0.1) is 0 Å². The molecule has 0 amide bonds. The topological polar surface area (TPSA) is 51.8 Å². The molecule has 0 atom stereocenters.